The minimum atomic E-state index is -0.433. The van der Waals surface area contributed by atoms with Crippen LogP contribution in [0.2, 0.25) is 10.0 Å². The van der Waals surface area contributed by atoms with E-state index in [0.29, 0.717) is 10.0 Å². The molecule has 0 fully saturated rings. The first-order valence-corrected chi connectivity index (χ1v) is 7.94. The van der Waals surface area contributed by atoms with E-state index < -0.39 is 5.92 Å². The van der Waals surface area contributed by atoms with Gasteiger partial charge in [-0.3, -0.25) is 4.99 Å². The van der Waals surface area contributed by atoms with Crippen molar-refractivity contribution in [3.05, 3.63) is 49.9 Å². The Kier molecular flexibility index (Phi) is 5.35. The SMILES string of the molecule is Cc1csc([C@H](C#N)C=N[C@@H](C)c2ccc(Cl)cc2Cl)n1. The molecule has 0 aliphatic heterocycles. The van der Waals surface area contributed by atoms with Gasteiger partial charge in [0.25, 0.3) is 0 Å². The molecule has 0 amide bonds. The molecule has 21 heavy (non-hydrogen) atoms. The van der Waals surface area contributed by atoms with E-state index in [9.17, 15) is 5.26 Å². The third kappa shape index (κ3) is 4.04. The van der Waals surface area contributed by atoms with Crippen molar-refractivity contribution in [1.29, 1.82) is 5.26 Å². The summed E-state index contributed by atoms with van der Waals surface area (Å²) in [4.78, 5) is 8.76. The van der Waals surface area contributed by atoms with Gasteiger partial charge >= 0.3 is 0 Å². The number of hydrogen-bond acceptors (Lipinski definition) is 4. The summed E-state index contributed by atoms with van der Waals surface area (Å²) in [6, 6.07) is 7.38. The molecule has 1 heterocycles. The normalized spacial score (nSPS) is 14.0. The lowest BCUT2D eigenvalue weighted by atomic mass is 10.1. The molecule has 0 saturated carbocycles. The minimum absolute atomic E-state index is 0.147. The van der Waals surface area contributed by atoms with E-state index >= 15 is 0 Å². The van der Waals surface area contributed by atoms with Gasteiger partial charge in [0.05, 0.1) is 12.1 Å². The lowest BCUT2D eigenvalue weighted by molar-refractivity contribution is 0.819. The standard InChI is InChI=1S/C15H13Cl2N3S/c1-9-8-21-15(20-9)11(6-18)7-19-10(2)13-4-3-12(16)5-14(13)17/h3-5,7-8,10-11H,1-2H3/t10-,11+/m0/s1. The first kappa shape index (κ1) is 16.0. The summed E-state index contributed by atoms with van der Waals surface area (Å²) in [6.07, 6.45) is 1.63. The molecule has 1 aromatic carbocycles. The number of nitriles is 1. The van der Waals surface area contributed by atoms with Gasteiger partial charge in [0.2, 0.25) is 0 Å². The van der Waals surface area contributed by atoms with Crippen molar-refractivity contribution in [2.75, 3.05) is 0 Å². The Morgan fingerprint density at radius 3 is 2.76 bits per heavy atom. The molecule has 0 spiro atoms. The van der Waals surface area contributed by atoms with Crippen LogP contribution in [0.1, 0.15) is 35.1 Å². The molecule has 1 aromatic heterocycles. The summed E-state index contributed by atoms with van der Waals surface area (Å²) in [7, 11) is 0. The zero-order valence-corrected chi connectivity index (χ0v) is 13.9. The molecule has 2 rings (SSSR count). The highest BCUT2D eigenvalue weighted by Crippen LogP contribution is 2.28. The largest absolute Gasteiger partial charge is 0.288 e. The summed E-state index contributed by atoms with van der Waals surface area (Å²) in [5.41, 5.74) is 1.79. The number of rotatable bonds is 4. The molecule has 6 heteroatoms. The Bertz CT molecular complexity index is 703. The third-order valence-corrected chi connectivity index (χ3v) is 4.52. The van der Waals surface area contributed by atoms with E-state index in [1.165, 1.54) is 11.3 Å². The molecular formula is C15H13Cl2N3S. The highest BCUT2D eigenvalue weighted by atomic mass is 35.5. The Hall–Kier alpha value is -1.41. The zero-order valence-electron chi connectivity index (χ0n) is 11.5. The Balaban J connectivity index is 2.17. The van der Waals surface area contributed by atoms with Crippen molar-refractivity contribution in [1.82, 2.24) is 4.98 Å². The van der Waals surface area contributed by atoms with E-state index in [-0.39, 0.29) is 6.04 Å². The second-order valence-corrected chi connectivity index (χ2v) is 6.31. The van der Waals surface area contributed by atoms with E-state index in [1.807, 2.05) is 25.3 Å². The molecule has 0 saturated heterocycles. The van der Waals surface area contributed by atoms with Crippen LogP contribution in [0.3, 0.4) is 0 Å². The van der Waals surface area contributed by atoms with Crippen LogP contribution in [0, 0.1) is 18.3 Å². The number of aliphatic imine (C=N–C) groups is 1. The highest BCUT2D eigenvalue weighted by Gasteiger charge is 2.13. The minimum Gasteiger partial charge on any atom is -0.288 e. The number of aromatic nitrogens is 1. The average Bonchev–Trinajstić information content (AvgIpc) is 2.86. The van der Waals surface area contributed by atoms with Gasteiger partial charge in [-0.05, 0) is 31.5 Å². The molecular weight excluding hydrogens is 325 g/mol. The Labute approximate surface area is 137 Å². The van der Waals surface area contributed by atoms with Gasteiger partial charge < -0.3 is 0 Å². The molecule has 0 radical (unpaired) electrons. The quantitative estimate of drug-likeness (QED) is 0.720. The van der Waals surface area contributed by atoms with Crippen LogP contribution < -0.4 is 0 Å². The molecule has 108 valence electrons. The van der Waals surface area contributed by atoms with Gasteiger partial charge in [0.15, 0.2) is 0 Å². The van der Waals surface area contributed by atoms with E-state index in [1.54, 1.807) is 18.3 Å². The van der Waals surface area contributed by atoms with E-state index in [4.69, 9.17) is 23.2 Å². The van der Waals surface area contributed by atoms with Crippen molar-refractivity contribution in [2.45, 2.75) is 25.8 Å². The number of thiazole rings is 1. The molecule has 0 aliphatic carbocycles. The topological polar surface area (TPSA) is 49.0 Å². The lowest BCUT2D eigenvalue weighted by Crippen LogP contribution is -1.99. The number of benzene rings is 1. The van der Waals surface area contributed by atoms with Crippen LogP contribution in [0.15, 0.2) is 28.6 Å². The summed E-state index contributed by atoms with van der Waals surface area (Å²) >= 11 is 13.5. The van der Waals surface area contributed by atoms with Crippen LogP contribution in [0.25, 0.3) is 0 Å². The van der Waals surface area contributed by atoms with Gasteiger partial charge in [-0.25, -0.2) is 4.98 Å². The number of aryl methyl sites for hydroxylation is 1. The van der Waals surface area contributed by atoms with Crippen LogP contribution in [0.4, 0.5) is 0 Å². The third-order valence-electron chi connectivity index (χ3n) is 2.91. The number of hydrogen-bond donors (Lipinski definition) is 0. The maximum absolute atomic E-state index is 9.25. The zero-order chi connectivity index (χ0) is 15.4. The van der Waals surface area contributed by atoms with Gasteiger partial charge in [0, 0.05) is 27.3 Å². The van der Waals surface area contributed by atoms with Gasteiger partial charge in [-0.1, -0.05) is 29.3 Å². The van der Waals surface area contributed by atoms with Crippen LogP contribution in [-0.2, 0) is 0 Å². The molecule has 3 nitrogen and oxygen atoms in total. The van der Waals surface area contributed by atoms with Crippen LogP contribution >= 0.6 is 34.5 Å². The molecule has 0 aliphatic rings. The molecule has 0 bridgehead atoms. The first-order chi connectivity index (χ1) is 10.0. The Morgan fingerprint density at radius 1 is 1.43 bits per heavy atom. The van der Waals surface area contributed by atoms with E-state index in [2.05, 4.69) is 16.0 Å². The second kappa shape index (κ2) is 7.04. The number of nitrogens with zero attached hydrogens (tertiary/aromatic N) is 3. The van der Waals surface area contributed by atoms with Crippen molar-refractivity contribution in [3.8, 4) is 6.07 Å². The summed E-state index contributed by atoms with van der Waals surface area (Å²) in [5, 5.41) is 13.1. The average molecular weight is 338 g/mol. The fourth-order valence-corrected chi connectivity index (χ4v) is 3.17. The maximum atomic E-state index is 9.25. The predicted octanol–water partition coefficient (Wildman–Crippen LogP) is 5.20. The van der Waals surface area contributed by atoms with Crippen LogP contribution in [-0.4, -0.2) is 11.2 Å². The van der Waals surface area contributed by atoms with Gasteiger partial charge in [-0.15, -0.1) is 11.3 Å². The van der Waals surface area contributed by atoms with Crippen molar-refractivity contribution in [3.63, 3.8) is 0 Å². The number of halogens is 2. The van der Waals surface area contributed by atoms with Crippen molar-refractivity contribution < 1.29 is 0 Å². The first-order valence-electron chi connectivity index (χ1n) is 6.31. The smallest absolute Gasteiger partial charge is 0.133 e. The monoisotopic (exact) mass is 337 g/mol. The highest BCUT2D eigenvalue weighted by molar-refractivity contribution is 7.09. The van der Waals surface area contributed by atoms with Gasteiger partial charge in [-0.2, -0.15) is 5.26 Å². The fourth-order valence-electron chi connectivity index (χ4n) is 1.80. The molecule has 0 N–H and O–H groups in total. The van der Waals surface area contributed by atoms with E-state index in [0.717, 1.165) is 16.3 Å². The predicted molar refractivity (Wildman–Crippen MR) is 88.6 cm³/mol. The second-order valence-electron chi connectivity index (χ2n) is 4.57. The fraction of sp³-hybridized carbons (Fsp3) is 0.267. The summed E-state index contributed by atoms with van der Waals surface area (Å²) in [5.74, 6) is -0.433. The molecule has 2 aromatic rings. The molecule has 0 unspecified atom stereocenters. The summed E-state index contributed by atoms with van der Waals surface area (Å²) in [6.45, 7) is 3.83. The van der Waals surface area contributed by atoms with Crippen molar-refractivity contribution in [2.24, 2.45) is 4.99 Å². The van der Waals surface area contributed by atoms with Gasteiger partial charge in [0.1, 0.15) is 10.9 Å². The maximum Gasteiger partial charge on any atom is 0.133 e. The lowest BCUT2D eigenvalue weighted by Gasteiger charge is -2.09. The molecule has 2 atom stereocenters. The summed E-state index contributed by atoms with van der Waals surface area (Å²) < 4.78 is 0. The van der Waals surface area contributed by atoms with Crippen molar-refractivity contribution >= 4 is 40.8 Å². The van der Waals surface area contributed by atoms with Crippen LogP contribution in [0.5, 0.6) is 0 Å². The Morgan fingerprint density at radius 2 is 2.19 bits per heavy atom.